The summed E-state index contributed by atoms with van der Waals surface area (Å²) in [5.74, 6) is -2.52. The Balaban J connectivity index is 3.94. The van der Waals surface area contributed by atoms with Gasteiger partial charge in [0.2, 0.25) is 0 Å². The van der Waals surface area contributed by atoms with Gasteiger partial charge in [-0.15, -0.1) is 0 Å². The Bertz CT molecular complexity index is 484. The van der Waals surface area contributed by atoms with E-state index in [9.17, 15) is 14.4 Å². The van der Waals surface area contributed by atoms with Gasteiger partial charge in [-0.1, -0.05) is 0 Å². The molecule has 0 saturated heterocycles. The molecule has 0 unspecified atom stereocenters. The van der Waals surface area contributed by atoms with Gasteiger partial charge in [-0.3, -0.25) is 14.4 Å². The zero-order valence-electron chi connectivity index (χ0n) is 8.59. The molecule has 0 aliphatic carbocycles. The molecule has 0 saturated carbocycles. The van der Waals surface area contributed by atoms with E-state index in [0.29, 0.717) is 0 Å². The second-order valence-corrected chi connectivity index (χ2v) is 5.54. The van der Waals surface area contributed by atoms with Gasteiger partial charge in [0.1, 0.15) is 0 Å². The summed E-state index contributed by atoms with van der Waals surface area (Å²) in [6, 6.07) is 0. The summed E-state index contributed by atoms with van der Waals surface area (Å²) < 4.78 is 0.267. The highest BCUT2D eigenvalue weighted by Gasteiger charge is 2.27. The third-order valence-electron chi connectivity index (χ3n) is 2.06. The highest BCUT2D eigenvalue weighted by molar-refractivity contribution is 9.11. The summed E-state index contributed by atoms with van der Waals surface area (Å²) in [4.78, 5) is 34.0. The van der Waals surface area contributed by atoms with Crippen LogP contribution in [0.2, 0.25) is 0 Å². The molecule has 0 atom stereocenters. The van der Waals surface area contributed by atoms with Gasteiger partial charge in [0, 0.05) is 13.4 Å². The topological polar surface area (TPSA) is 129 Å². The van der Waals surface area contributed by atoms with E-state index < -0.39 is 17.7 Å². The molecular formula is C9H6Br3N3O3. The molecule has 6 N–H and O–H groups in total. The molecule has 1 aromatic rings. The Hall–Kier alpha value is -0.930. The lowest BCUT2D eigenvalue weighted by Gasteiger charge is -2.14. The molecule has 18 heavy (non-hydrogen) atoms. The van der Waals surface area contributed by atoms with Gasteiger partial charge in [-0.2, -0.15) is 0 Å². The first kappa shape index (κ1) is 15.1. The third-order valence-corrected chi connectivity index (χ3v) is 4.44. The molecule has 0 heterocycles. The van der Waals surface area contributed by atoms with Crippen LogP contribution in [0.25, 0.3) is 0 Å². The fraction of sp³-hybridized carbons (Fsp3) is 0. The highest BCUT2D eigenvalue weighted by Crippen LogP contribution is 2.38. The molecule has 9 heteroatoms. The average Bonchev–Trinajstić information content (AvgIpc) is 2.14. The zero-order valence-corrected chi connectivity index (χ0v) is 13.3. The fourth-order valence-corrected chi connectivity index (χ4v) is 4.47. The van der Waals surface area contributed by atoms with Crippen molar-refractivity contribution in [1.82, 2.24) is 0 Å². The normalized spacial score (nSPS) is 10.2. The minimum Gasteiger partial charge on any atom is -0.366 e. The van der Waals surface area contributed by atoms with E-state index in [4.69, 9.17) is 17.2 Å². The number of nitrogens with two attached hydrogens (primary N) is 3. The van der Waals surface area contributed by atoms with Gasteiger partial charge in [-0.05, 0) is 47.8 Å². The van der Waals surface area contributed by atoms with Gasteiger partial charge in [0.15, 0.2) is 0 Å². The predicted octanol–water partition coefficient (Wildman–Crippen LogP) is 1.27. The average molecular weight is 444 g/mol. The number of carbonyl (C=O) groups is 3. The molecule has 6 nitrogen and oxygen atoms in total. The molecule has 1 rings (SSSR count). The second kappa shape index (κ2) is 5.37. The monoisotopic (exact) mass is 441 g/mol. The lowest BCUT2D eigenvalue weighted by Crippen LogP contribution is -2.23. The minimum atomic E-state index is -0.841. The maximum absolute atomic E-state index is 11.3. The van der Waals surface area contributed by atoms with Crippen LogP contribution in [0.15, 0.2) is 13.4 Å². The summed E-state index contributed by atoms with van der Waals surface area (Å²) >= 11 is 9.16. The van der Waals surface area contributed by atoms with E-state index in [2.05, 4.69) is 47.8 Å². The molecule has 0 aliphatic heterocycles. The number of rotatable bonds is 3. The van der Waals surface area contributed by atoms with Gasteiger partial charge in [0.05, 0.1) is 16.7 Å². The quantitative estimate of drug-likeness (QED) is 0.650. The van der Waals surface area contributed by atoms with Gasteiger partial charge in [-0.25, -0.2) is 0 Å². The van der Waals surface area contributed by atoms with Crippen molar-refractivity contribution in [3.05, 3.63) is 30.1 Å². The lowest BCUT2D eigenvalue weighted by molar-refractivity contribution is 0.0998. The number of amides is 3. The Morgan fingerprint density at radius 3 is 0.889 bits per heavy atom. The van der Waals surface area contributed by atoms with Crippen molar-refractivity contribution in [2.24, 2.45) is 17.2 Å². The van der Waals surface area contributed by atoms with E-state index in [-0.39, 0.29) is 30.1 Å². The Morgan fingerprint density at radius 1 is 0.611 bits per heavy atom. The first-order valence-electron chi connectivity index (χ1n) is 4.30. The summed E-state index contributed by atoms with van der Waals surface area (Å²) in [5.41, 5.74) is 15.3. The maximum Gasteiger partial charge on any atom is 0.251 e. The Kier molecular flexibility index (Phi) is 4.51. The summed E-state index contributed by atoms with van der Waals surface area (Å²) in [6.07, 6.45) is 0. The van der Waals surface area contributed by atoms with Gasteiger partial charge >= 0.3 is 0 Å². The molecule has 0 aliphatic rings. The van der Waals surface area contributed by atoms with E-state index in [1.165, 1.54) is 0 Å². The van der Waals surface area contributed by atoms with Crippen molar-refractivity contribution in [3.63, 3.8) is 0 Å². The smallest absolute Gasteiger partial charge is 0.251 e. The summed E-state index contributed by atoms with van der Waals surface area (Å²) in [5, 5.41) is 0. The van der Waals surface area contributed by atoms with Crippen LogP contribution < -0.4 is 17.2 Å². The van der Waals surface area contributed by atoms with Crippen LogP contribution in [0.3, 0.4) is 0 Å². The van der Waals surface area contributed by atoms with Crippen molar-refractivity contribution in [1.29, 1.82) is 0 Å². The van der Waals surface area contributed by atoms with E-state index in [1.807, 2.05) is 0 Å². The molecule has 0 bridgehead atoms. The number of primary amides is 3. The standard InChI is InChI=1S/C9H6Br3N3O3/c10-4-1(7(13)16)5(11)3(9(15)18)6(12)2(4)8(14)17/h(H2,13,16)(H2,14,17)(H2,15,18). The number of hydrogen-bond donors (Lipinski definition) is 3. The summed E-state index contributed by atoms with van der Waals surface area (Å²) in [6.45, 7) is 0. The maximum atomic E-state index is 11.3. The fourth-order valence-electron chi connectivity index (χ4n) is 1.31. The Morgan fingerprint density at radius 2 is 0.778 bits per heavy atom. The predicted molar refractivity (Wildman–Crippen MR) is 75.1 cm³/mol. The van der Waals surface area contributed by atoms with Crippen molar-refractivity contribution >= 4 is 65.5 Å². The number of carbonyl (C=O) groups excluding carboxylic acids is 3. The summed E-state index contributed by atoms with van der Waals surface area (Å²) in [7, 11) is 0. The zero-order chi connectivity index (χ0) is 14.2. The van der Waals surface area contributed by atoms with Crippen molar-refractivity contribution in [2.45, 2.75) is 0 Å². The number of hydrogen-bond acceptors (Lipinski definition) is 3. The van der Waals surface area contributed by atoms with Crippen molar-refractivity contribution < 1.29 is 14.4 Å². The molecule has 96 valence electrons. The van der Waals surface area contributed by atoms with Crippen LogP contribution >= 0.6 is 47.8 Å². The van der Waals surface area contributed by atoms with Crippen LogP contribution in [0, 0.1) is 0 Å². The third kappa shape index (κ3) is 2.43. The van der Waals surface area contributed by atoms with Crippen molar-refractivity contribution in [2.75, 3.05) is 0 Å². The van der Waals surface area contributed by atoms with Crippen LogP contribution in [0.5, 0.6) is 0 Å². The first-order chi connectivity index (χ1) is 8.20. The highest BCUT2D eigenvalue weighted by atomic mass is 79.9. The molecule has 0 aromatic heterocycles. The SMILES string of the molecule is NC(=O)c1c(Br)c(C(N)=O)c(Br)c(C(N)=O)c1Br. The van der Waals surface area contributed by atoms with E-state index in [0.717, 1.165) is 0 Å². The molecular weight excluding hydrogens is 438 g/mol. The van der Waals surface area contributed by atoms with Crippen LogP contribution in [-0.2, 0) is 0 Å². The van der Waals surface area contributed by atoms with E-state index >= 15 is 0 Å². The van der Waals surface area contributed by atoms with Crippen LogP contribution in [0.1, 0.15) is 31.1 Å². The lowest BCUT2D eigenvalue weighted by atomic mass is 10.0. The second-order valence-electron chi connectivity index (χ2n) is 3.16. The molecule has 0 fully saturated rings. The number of halogens is 3. The number of benzene rings is 1. The van der Waals surface area contributed by atoms with Gasteiger partial charge in [0.25, 0.3) is 17.7 Å². The Labute approximate surface area is 127 Å². The molecule has 0 radical (unpaired) electrons. The molecule has 0 spiro atoms. The van der Waals surface area contributed by atoms with Crippen LogP contribution in [-0.4, -0.2) is 17.7 Å². The molecule has 1 aromatic carbocycles. The van der Waals surface area contributed by atoms with Crippen LogP contribution in [0.4, 0.5) is 0 Å². The van der Waals surface area contributed by atoms with E-state index in [1.54, 1.807) is 0 Å². The van der Waals surface area contributed by atoms with Crippen molar-refractivity contribution in [3.8, 4) is 0 Å². The first-order valence-corrected chi connectivity index (χ1v) is 6.67. The minimum absolute atomic E-state index is 0.0826. The van der Waals surface area contributed by atoms with Gasteiger partial charge < -0.3 is 17.2 Å². The largest absolute Gasteiger partial charge is 0.366 e. The molecule has 3 amide bonds.